The van der Waals surface area contributed by atoms with Crippen LogP contribution < -0.4 is 5.32 Å². The van der Waals surface area contributed by atoms with Crippen LogP contribution in [-0.2, 0) is 0 Å². The number of nitrogens with one attached hydrogen (secondary N) is 1. The summed E-state index contributed by atoms with van der Waals surface area (Å²) >= 11 is 0. The van der Waals surface area contributed by atoms with Crippen molar-refractivity contribution < 1.29 is 0 Å². The van der Waals surface area contributed by atoms with Crippen molar-refractivity contribution in [1.82, 2.24) is 10.2 Å². The fourth-order valence-corrected chi connectivity index (χ4v) is 4.34. The van der Waals surface area contributed by atoms with Gasteiger partial charge in [-0.15, -0.1) is 0 Å². The Bertz CT molecular complexity index is 277. The van der Waals surface area contributed by atoms with Crippen molar-refractivity contribution in [3.05, 3.63) is 0 Å². The first-order valence-electron chi connectivity index (χ1n) is 8.74. The lowest BCUT2D eigenvalue weighted by molar-refractivity contribution is 0.146. The average molecular weight is 264 g/mol. The Balaban J connectivity index is 1.47. The van der Waals surface area contributed by atoms with Gasteiger partial charge in [0.2, 0.25) is 0 Å². The predicted octanol–water partition coefficient (Wildman–Crippen LogP) is 3.42. The van der Waals surface area contributed by atoms with Crippen molar-refractivity contribution in [3.63, 3.8) is 0 Å². The summed E-state index contributed by atoms with van der Waals surface area (Å²) in [4.78, 5) is 2.74. The molecule has 2 heteroatoms. The molecule has 1 N–H and O–H groups in total. The number of hydrogen-bond acceptors (Lipinski definition) is 2. The SMILES string of the molecule is CC(C)C1CCCCC1NC1CCN(C2CC2)CC1. The Labute approximate surface area is 119 Å². The van der Waals surface area contributed by atoms with E-state index < -0.39 is 0 Å². The van der Waals surface area contributed by atoms with Gasteiger partial charge in [-0.25, -0.2) is 0 Å². The van der Waals surface area contributed by atoms with E-state index in [1.54, 1.807) is 0 Å². The molecule has 2 aliphatic carbocycles. The summed E-state index contributed by atoms with van der Waals surface area (Å²) in [7, 11) is 0. The van der Waals surface area contributed by atoms with E-state index in [4.69, 9.17) is 0 Å². The van der Waals surface area contributed by atoms with E-state index >= 15 is 0 Å². The fraction of sp³-hybridized carbons (Fsp3) is 1.00. The zero-order valence-electron chi connectivity index (χ0n) is 12.9. The number of piperidine rings is 1. The Morgan fingerprint density at radius 3 is 2.21 bits per heavy atom. The van der Waals surface area contributed by atoms with Gasteiger partial charge >= 0.3 is 0 Å². The van der Waals surface area contributed by atoms with E-state index in [0.29, 0.717) is 0 Å². The van der Waals surface area contributed by atoms with Crippen LogP contribution in [0.2, 0.25) is 0 Å². The van der Waals surface area contributed by atoms with E-state index in [0.717, 1.165) is 30.0 Å². The highest BCUT2D eigenvalue weighted by Gasteiger charge is 2.34. The zero-order chi connectivity index (χ0) is 13.2. The van der Waals surface area contributed by atoms with E-state index in [-0.39, 0.29) is 0 Å². The quantitative estimate of drug-likeness (QED) is 0.837. The van der Waals surface area contributed by atoms with Crippen molar-refractivity contribution in [2.45, 2.75) is 83.3 Å². The first-order valence-corrected chi connectivity index (χ1v) is 8.74. The van der Waals surface area contributed by atoms with E-state index in [1.807, 2.05) is 0 Å². The molecule has 3 fully saturated rings. The van der Waals surface area contributed by atoms with Gasteiger partial charge in [0.1, 0.15) is 0 Å². The molecule has 2 saturated carbocycles. The molecule has 0 amide bonds. The summed E-state index contributed by atoms with van der Waals surface area (Å²) in [6.07, 6.45) is 11.5. The van der Waals surface area contributed by atoms with Crippen LogP contribution in [0.3, 0.4) is 0 Å². The standard InChI is InChI=1S/C17H32N2/c1-13(2)16-5-3-4-6-17(16)18-14-9-11-19(12-10-14)15-7-8-15/h13-18H,3-12H2,1-2H3. The number of rotatable bonds is 4. The molecule has 110 valence electrons. The Kier molecular flexibility index (Phi) is 4.48. The molecule has 0 radical (unpaired) electrons. The molecular formula is C17H32N2. The predicted molar refractivity (Wildman–Crippen MR) is 81.3 cm³/mol. The third kappa shape index (κ3) is 3.52. The molecule has 0 aromatic rings. The summed E-state index contributed by atoms with van der Waals surface area (Å²) in [5.74, 6) is 1.78. The van der Waals surface area contributed by atoms with E-state index in [9.17, 15) is 0 Å². The van der Waals surface area contributed by atoms with Crippen LogP contribution in [0.5, 0.6) is 0 Å². The average Bonchev–Trinajstić information content (AvgIpc) is 3.24. The smallest absolute Gasteiger partial charge is 0.0100 e. The minimum absolute atomic E-state index is 0.805. The van der Waals surface area contributed by atoms with Crippen LogP contribution in [-0.4, -0.2) is 36.1 Å². The van der Waals surface area contributed by atoms with Gasteiger partial charge in [0, 0.05) is 18.1 Å². The molecule has 2 nitrogen and oxygen atoms in total. The second-order valence-electron chi connectivity index (χ2n) is 7.51. The highest BCUT2D eigenvalue weighted by atomic mass is 15.2. The summed E-state index contributed by atoms with van der Waals surface area (Å²) in [5, 5.41) is 4.04. The maximum absolute atomic E-state index is 4.04. The molecule has 19 heavy (non-hydrogen) atoms. The van der Waals surface area contributed by atoms with Crippen LogP contribution in [0.1, 0.15) is 65.2 Å². The highest BCUT2D eigenvalue weighted by molar-refractivity contribution is 4.91. The molecule has 1 aliphatic heterocycles. The molecule has 0 aromatic carbocycles. The zero-order valence-corrected chi connectivity index (χ0v) is 12.9. The largest absolute Gasteiger partial charge is 0.311 e. The Morgan fingerprint density at radius 1 is 0.895 bits per heavy atom. The minimum atomic E-state index is 0.805. The third-order valence-electron chi connectivity index (χ3n) is 5.72. The minimum Gasteiger partial charge on any atom is -0.311 e. The van der Waals surface area contributed by atoms with Crippen molar-refractivity contribution >= 4 is 0 Å². The summed E-state index contributed by atoms with van der Waals surface area (Å²) in [5.41, 5.74) is 0. The van der Waals surface area contributed by atoms with Crippen LogP contribution >= 0.6 is 0 Å². The van der Waals surface area contributed by atoms with Gasteiger partial charge in [-0.2, -0.15) is 0 Å². The molecule has 2 unspecified atom stereocenters. The third-order valence-corrected chi connectivity index (χ3v) is 5.72. The van der Waals surface area contributed by atoms with Gasteiger partial charge in [0.15, 0.2) is 0 Å². The van der Waals surface area contributed by atoms with Crippen molar-refractivity contribution in [3.8, 4) is 0 Å². The van der Waals surface area contributed by atoms with Crippen molar-refractivity contribution in [1.29, 1.82) is 0 Å². The van der Waals surface area contributed by atoms with Crippen LogP contribution in [0.15, 0.2) is 0 Å². The fourth-order valence-electron chi connectivity index (χ4n) is 4.34. The molecule has 1 saturated heterocycles. The second kappa shape index (κ2) is 6.13. The van der Waals surface area contributed by atoms with Gasteiger partial charge in [-0.3, -0.25) is 0 Å². The van der Waals surface area contributed by atoms with Gasteiger partial charge in [-0.05, 0) is 63.5 Å². The van der Waals surface area contributed by atoms with Gasteiger partial charge < -0.3 is 10.2 Å². The molecule has 3 rings (SSSR count). The number of hydrogen-bond donors (Lipinski definition) is 1. The van der Waals surface area contributed by atoms with Gasteiger partial charge in [0.25, 0.3) is 0 Å². The van der Waals surface area contributed by atoms with Gasteiger partial charge in [0.05, 0.1) is 0 Å². The second-order valence-corrected chi connectivity index (χ2v) is 7.51. The first kappa shape index (κ1) is 13.9. The molecule has 0 aromatic heterocycles. The molecule has 2 atom stereocenters. The van der Waals surface area contributed by atoms with Crippen LogP contribution in [0.25, 0.3) is 0 Å². The topological polar surface area (TPSA) is 15.3 Å². The van der Waals surface area contributed by atoms with Crippen molar-refractivity contribution in [2.75, 3.05) is 13.1 Å². The maximum atomic E-state index is 4.04. The van der Waals surface area contributed by atoms with Crippen LogP contribution in [0.4, 0.5) is 0 Å². The highest BCUT2D eigenvalue weighted by Crippen LogP contribution is 2.32. The summed E-state index contributed by atoms with van der Waals surface area (Å²) < 4.78 is 0. The molecular weight excluding hydrogens is 232 g/mol. The van der Waals surface area contributed by atoms with E-state index in [1.165, 1.54) is 64.5 Å². The maximum Gasteiger partial charge on any atom is 0.0100 e. The Morgan fingerprint density at radius 2 is 1.58 bits per heavy atom. The van der Waals surface area contributed by atoms with E-state index in [2.05, 4.69) is 24.1 Å². The lowest BCUT2D eigenvalue weighted by atomic mass is 9.77. The first-order chi connectivity index (χ1) is 9.24. The molecule has 3 aliphatic rings. The summed E-state index contributed by atoms with van der Waals surface area (Å²) in [6.45, 7) is 7.53. The number of likely N-dealkylation sites (tertiary alicyclic amines) is 1. The van der Waals surface area contributed by atoms with Crippen LogP contribution in [0, 0.1) is 11.8 Å². The number of nitrogens with zero attached hydrogens (tertiary/aromatic N) is 1. The molecule has 0 spiro atoms. The lowest BCUT2D eigenvalue weighted by Crippen LogP contribution is -2.50. The molecule has 0 bridgehead atoms. The Hall–Kier alpha value is -0.0800. The van der Waals surface area contributed by atoms with Crippen molar-refractivity contribution in [2.24, 2.45) is 11.8 Å². The molecule has 1 heterocycles. The lowest BCUT2D eigenvalue weighted by Gasteiger charge is -2.40. The van der Waals surface area contributed by atoms with Gasteiger partial charge in [-0.1, -0.05) is 26.7 Å². The normalized spacial score (nSPS) is 34.9. The summed E-state index contributed by atoms with van der Waals surface area (Å²) in [6, 6.07) is 2.59. The monoisotopic (exact) mass is 264 g/mol.